The lowest BCUT2D eigenvalue weighted by atomic mass is 9.97. The number of hydrogen-bond donors (Lipinski definition) is 3. The van der Waals surface area contributed by atoms with Gasteiger partial charge in [-0.2, -0.15) is 18.6 Å². The van der Waals surface area contributed by atoms with Gasteiger partial charge in [0.2, 0.25) is 0 Å². The second-order valence-corrected chi connectivity index (χ2v) is 19.7. The first kappa shape index (κ1) is 43.8. The number of urea groups is 1. The summed E-state index contributed by atoms with van der Waals surface area (Å²) < 4.78 is 79.5. The van der Waals surface area contributed by atoms with Crippen LogP contribution in [0.2, 0.25) is 0 Å². The van der Waals surface area contributed by atoms with Crippen LogP contribution in [-0.4, -0.2) is 83.1 Å². The largest absolute Gasteiger partial charge is 0.387 e. The molecule has 6 aliphatic rings. The van der Waals surface area contributed by atoms with Crippen LogP contribution < -0.4 is 19.9 Å². The highest BCUT2D eigenvalue weighted by atomic mass is 32.2. The van der Waals surface area contributed by atoms with E-state index in [2.05, 4.69) is 32.4 Å². The number of rotatable bonds is 9. The number of hydrogen-bond acceptors (Lipinski definition) is 13. The van der Waals surface area contributed by atoms with Gasteiger partial charge in [0, 0.05) is 46.1 Å². The summed E-state index contributed by atoms with van der Waals surface area (Å²) in [6, 6.07) is 6.68. The number of nitrogens with zero attached hydrogens (tertiary/aromatic N) is 5. The third-order valence-corrected chi connectivity index (χ3v) is 14.8. The molecule has 0 spiro atoms. The molecule has 18 nitrogen and oxygen atoms in total. The number of nitrogens with two attached hydrogens (primary N) is 1. The van der Waals surface area contributed by atoms with Crippen LogP contribution >= 0.6 is 0 Å². The van der Waals surface area contributed by atoms with E-state index < -0.39 is 37.3 Å². The second kappa shape index (κ2) is 17.0. The summed E-state index contributed by atoms with van der Waals surface area (Å²) in [5.41, 5.74) is 10.9. The Bertz CT molecular complexity index is 2600. The molecule has 20 heteroatoms. The van der Waals surface area contributed by atoms with Crippen LogP contribution in [0.3, 0.4) is 0 Å². The molecule has 2 saturated heterocycles. The normalized spacial score (nSPS) is 18.6. The quantitative estimate of drug-likeness (QED) is 0.205. The molecule has 4 N–H and O–H groups in total. The number of anilines is 1. The van der Waals surface area contributed by atoms with E-state index in [0.29, 0.717) is 37.8 Å². The first-order chi connectivity index (χ1) is 29.6. The van der Waals surface area contributed by atoms with E-state index in [-0.39, 0.29) is 10.1 Å². The Kier molecular flexibility index (Phi) is 12.0. The fourth-order valence-electron chi connectivity index (χ4n) is 9.53. The van der Waals surface area contributed by atoms with Gasteiger partial charge in [-0.1, -0.05) is 12.1 Å². The van der Waals surface area contributed by atoms with Crippen molar-refractivity contribution in [3.8, 4) is 12.0 Å². The molecule has 0 atom stereocenters. The van der Waals surface area contributed by atoms with Crippen molar-refractivity contribution < 1.29 is 45.3 Å². The maximum Gasteiger partial charge on any atom is 0.333 e. The fourth-order valence-corrected chi connectivity index (χ4v) is 10.9. The minimum Gasteiger partial charge on any atom is -0.387 e. The molecular formula is C42H52N8O10S2. The van der Waals surface area contributed by atoms with Gasteiger partial charge in [-0.05, 0) is 122 Å². The Morgan fingerprint density at radius 2 is 1.13 bits per heavy atom. The number of aromatic nitrogens is 4. The van der Waals surface area contributed by atoms with Crippen LogP contribution in [0.15, 0.2) is 34.3 Å². The van der Waals surface area contributed by atoms with Crippen molar-refractivity contribution in [1.82, 2.24) is 24.3 Å². The van der Waals surface area contributed by atoms with E-state index in [1.165, 1.54) is 67.7 Å². The first-order valence-corrected chi connectivity index (χ1v) is 23.8. The number of sulfonamides is 2. The van der Waals surface area contributed by atoms with Gasteiger partial charge in [0.15, 0.2) is 21.3 Å². The molecule has 0 bridgehead atoms. The summed E-state index contributed by atoms with van der Waals surface area (Å²) in [5.74, 6) is 0.903. The summed E-state index contributed by atoms with van der Waals surface area (Å²) in [6.07, 6.45) is 14.6. The molecule has 0 saturated carbocycles. The van der Waals surface area contributed by atoms with Gasteiger partial charge in [0.25, 0.3) is 26.3 Å². The van der Waals surface area contributed by atoms with Crippen molar-refractivity contribution in [2.45, 2.75) is 98.3 Å². The van der Waals surface area contributed by atoms with E-state index >= 15 is 0 Å². The number of fused-ring (bicyclic) bond motifs is 4. The number of nitriles is 1. The average molecular weight is 893 g/mol. The number of carbonyl (C=O) groups excluding carboxylic acids is 1. The number of ether oxygens (including phenoxy) is 5. The Morgan fingerprint density at radius 3 is 1.52 bits per heavy atom. The Labute approximate surface area is 361 Å². The predicted octanol–water partition coefficient (Wildman–Crippen LogP) is 3.24. The molecular weight excluding hydrogens is 841 g/mol. The molecule has 0 unspecified atom stereocenters. The van der Waals surface area contributed by atoms with Crippen LogP contribution in [0.5, 0.6) is 5.75 Å². The lowest BCUT2D eigenvalue weighted by Crippen LogP contribution is -2.49. The predicted molar refractivity (Wildman–Crippen MR) is 223 cm³/mol. The SMILES string of the molecule is COC1(c2cc(S(=O)(=O)NC(=O)Nc3c4c(cc5c3CCC5)CCC4)nn2C)COC1.COC1(c2cc(S(N)(=O)=O)nn2C)COC1.N#COc1c2c(cc3c1CCC3)CCC2. The molecule has 2 aromatic carbocycles. The number of carbonyl (C=O) groups is 1. The highest BCUT2D eigenvalue weighted by Gasteiger charge is 2.45. The summed E-state index contributed by atoms with van der Waals surface area (Å²) in [7, 11) is -1.56. The average Bonchev–Trinajstić information content (AvgIpc) is 4.04. The highest BCUT2D eigenvalue weighted by molar-refractivity contribution is 7.90. The standard InChI is InChI=1S/C21H26N4O5S.C13H13NO.C8H13N3O4S/c1-25-17(21(29-2)11-30-12-21)10-18(23-25)31(27,28)24-20(26)22-19-15-7-3-5-13(15)9-14-6-4-8-16(14)19;14-8-15-13-11-5-1-3-9(11)7-10-4-2-6-12(10)13;1-11-6(8(14-2)4-15-5-8)3-7(10-11)16(9,12)13/h9-10H,3-8,11-12H2,1-2H3,(H2,22,24,26);7H,1-6H2;3H,4-5H2,1-2H3,(H2,9,12,13). The Hall–Kier alpha value is -4.88. The van der Waals surface area contributed by atoms with Crippen LogP contribution in [0.4, 0.5) is 10.5 Å². The maximum absolute atomic E-state index is 12.9. The van der Waals surface area contributed by atoms with Gasteiger partial charge < -0.3 is 29.0 Å². The Balaban J connectivity index is 0.000000143. The zero-order valence-electron chi connectivity index (χ0n) is 35.3. The molecule has 2 amide bonds. The van der Waals surface area contributed by atoms with Crippen molar-refractivity contribution in [2.75, 3.05) is 46.0 Å². The zero-order valence-corrected chi connectivity index (χ0v) is 37.0. The lowest BCUT2D eigenvalue weighted by molar-refractivity contribution is -0.206. The van der Waals surface area contributed by atoms with E-state index in [1.54, 1.807) is 28.3 Å². The van der Waals surface area contributed by atoms with E-state index in [9.17, 15) is 21.6 Å². The van der Waals surface area contributed by atoms with Crippen molar-refractivity contribution in [2.24, 2.45) is 19.2 Å². The molecule has 62 heavy (non-hydrogen) atoms. The fraction of sp³-hybridized carbons (Fsp3) is 0.524. The summed E-state index contributed by atoms with van der Waals surface area (Å²) in [6.45, 7) is 1.40. The minimum atomic E-state index is -4.15. The van der Waals surface area contributed by atoms with Crippen molar-refractivity contribution >= 4 is 31.8 Å². The van der Waals surface area contributed by atoms with E-state index in [1.807, 2.05) is 6.26 Å². The third-order valence-electron chi connectivity index (χ3n) is 12.8. The van der Waals surface area contributed by atoms with E-state index in [4.69, 9.17) is 34.1 Å². The van der Waals surface area contributed by atoms with Gasteiger partial charge in [-0.15, -0.1) is 5.26 Å². The van der Waals surface area contributed by atoms with Crippen LogP contribution in [0.25, 0.3) is 0 Å². The van der Waals surface area contributed by atoms with Crippen molar-refractivity contribution in [3.05, 3.63) is 80.2 Å². The van der Waals surface area contributed by atoms with Crippen LogP contribution in [0, 0.1) is 11.5 Å². The summed E-state index contributed by atoms with van der Waals surface area (Å²) in [4.78, 5) is 12.7. The van der Waals surface area contributed by atoms with Gasteiger partial charge in [0.1, 0.15) is 5.75 Å². The van der Waals surface area contributed by atoms with Gasteiger partial charge in [0.05, 0.1) is 37.8 Å². The smallest absolute Gasteiger partial charge is 0.333 e. The number of benzene rings is 2. The number of amides is 2. The number of primary sulfonamides is 1. The van der Waals surface area contributed by atoms with Gasteiger partial charge >= 0.3 is 6.03 Å². The monoisotopic (exact) mass is 892 g/mol. The molecule has 4 heterocycles. The van der Waals surface area contributed by atoms with Crippen LogP contribution in [0.1, 0.15) is 81.6 Å². The minimum absolute atomic E-state index is 0.159. The molecule has 10 rings (SSSR count). The topological polar surface area (TPSA) is 241 Å². The van der Waals surface area contributed by atoms with Crippen LogP contribution in [-0.2, 0) is 116 Å². The molecule has 2 fully saturated rings. The maximum atomic E-state index is 12.9. The van der Waals surface area contributed by atoms with Crippen molar-refractivity contribution in [1.29, 1.82) is 5.26 Å². The van der Waals surface area contributed by atoms with Gasteiger partial charge in [-0.3, -0.25) is 9.36 Å². The summed E-state index contributed by atoms with van der Waals surface area (Å²) >= 11 is 0. The second-order valence-electron chi connectivity index (χ2n) is 16.6. The number of methoxy groups -OCH3 is 2. The van der Waals surface area contributed by atoms with E-state index in [0.717, 1.165) is 86.8 Å². The van der Waals surface area contributed by atoms with Gasteiger partial charge in [-0.25, -0.2) is 23.1 Å². The molecule has 4 aromatic rings. The molecule has 332 valence electrons. The first-order valence-electron chi connectivity index (χ1n) is 20.7. The number of aryl methyl sites for hydroxylation is 6. The summed E-state index contributed by atoms with van der Waals surface area (Å²) in [5, 5.41) is 24.1. The number of nitrogens with one attached hydrogen (secondary N) is 2. The van der Waals surface area contributed by atoms with Crippen molar-refractivity contribution in [3.63, 3.8) is 0 Å². The third kappa shape index (κ3) is 8.11. The molecule has 2 aliphatic heterocycles. The Morgan fingerprint density at radius 1 is 0.710 bits per heavy atom. The lowest BCUT2D eigenvalue weighted by Gasteiger charge is -2.39. The molecule has 0 radical (unpaired) electrons. The molecule has 4 aliphatic carbocycles. The highest BCUT2D eigenvalue weighted by Crippen LogP contribution is 2.41. The molecule has 2 aromatic heterocycles. The zero-order chi connectivity index (χ0) is 44.0.